The van der Waals surface area contributed by atoms with Gasteiger partial charge in [0.25, 0.3) is 0 Å². The third-order valence-corrected chi connectivity index (χ3v) is 12.5. The Hall–Kier alpha value is -3.41. The SMILES string of the molecule is CC\C=C/C=C\C=C/C=C\C=C/CCCCCC(=O)OCC(COC(=O)CCCCCCCCCCCCCCCCCCCCC)OC(=O)CCCCCCCCC/C=C\C/C=C\CCCCC. The summed E-state index contributed by atoms with van der Waals surface area (Å²) in [5.41, 5.74) is 0. The van der Waals surface area contributed by atoms with Crippen LogP contribution >= 0.6 is 0 Å². The molecule has 0 radical (unpaired) electrons. The van der Waals surface area contributed by atoms with Gasteiger partial charge in [0.15, 0.2) is 6.10 Å². The minimum atomic E-state index is -0.798. The maximum atomic E-state index is 12.9. The van der Waals surface area contributed by atoms with Gasteiger partial charge in [-0.15, -0.1) is 0 Å². The van der Waals surface area contributed by atoms with Gasteiger partial charge in [0.1, 0.15) is 13.2 Å². The number of carbonyl (C=O) groups excluding carboxylic acids is 3. The van der Waals surface area contributed by atoms with Crippen molar-refractivity contribution in [2.24, 2.45) is 0 Å². The largest absolute Gasteiger partial charge is 0.462 e. The summed E-state index contributed by atoms with van der Waals surface area (Å²) in [6.07, 6.45) is 74.3. The molecule has 6 nitrogen and oxygen atoms in total. The van der Waals surface area contributed by atoms with Crippen molar-refractivity contribution in [3.63, 3.8) is 0 Å². The monoisotopic (exact) mass is 961 g/mol. The molecule has 0 aromatic carbocycles. The van der Waals surface area contributed by atoms with Gasteiger partial charge in [-0.3, -0.25) is 14.4 Å². The first-order chi connectivity index (χ1) is 34.0. The molecule has 0 aliphatic carbocycles. The molecule has 0 fully saturated rings. The molecule has 0 spiro atoms. The van der Waals surface area contributed by atoms with E-state index in [1.807, 2.05) is 48.6 Å². The van der Waals surface area contributed by atoms with Crippen LogP contribution in [0.25, 0.3) is 0 Å². The molecular formula is C63H108O6. The van der Waals surface area contributed by atoms with Crippen molar-refractivity contribution in [3.05, 3.63) is 85.1 Å². The van der Waals surface area contributed by atoms with E-state index >= 15 is 0 Å². The Morgan fingerprint density at radius 2 is 0.623 bits per heavy atom. The Balaban J connectivity index is 4.42. The van der Waals surface area contributed by atoms with Crippen LogP contribution in [-0.4, -0.2) is 37.2 Å². The van der Waals surface area contributed by atoms with Crippen LogP contribution in [0.15, 0.2) is 85.1 Å². The summed E-state index contributed by atoms with van der Waals surface area (Å²) in [5, 5.41) is 0. The molecule has 396 valence electrons. The maximum Gasteiger partial charge on any atom is 0.306 e. The van der Waals surface area contributed by atoms with Crippen LogP contribution in [0.5, 0.6) is 0 Å². The van der Waals surface area contributed by atoms with E-state index in [9.17, 15) is 14.4 Å². The van der Waals surface area contributed by atoms with Gasteiger partial charge >= 0.3 is 17.9 Å². The summed E-state index contributed by atoms with van der Waals surface area (Å²) in [6.45, 7) is 6.45. The van der Waals surface area contributed by atoms with E-state index in [-0.39, 0.29) is 31.1 Å². The Labute approximate surface area is 426 Å². The van der Waals surface area contributed by atoms with Gasteiger partial charge in [-0.1, -0.05) is 273 Å². The molecule has 6 heteroatoms. The first kappa shape index (κ1) is 65.6. The van der Waals surface area contributed by atoms with Crippen molar-refractivity contribution in [2.45, 2.75) is 284 Å². The van der Waals surface area contributed by atoms with Gasteiger partial charge in [0.05, 0.1) is 0 Å². The Kier molecular flexibility index (Phi) is 54.3. The molecule has 0 aromatic heterocycles. The molecule has 69 heavy (non-hydrogen) atoms. The Morgan fingerprint density at radius 3 is 1.04 bits per heavy atom. The smallest absolute Gasteiger partial charge is 0.306 e. The number of ether oxygens (including phenoxy) is 3. The molecule has 1 atom stereocenters. The van der Waals surface area contributed by atoms with Crippen LogP contribution in [-0.2, 0) is 28.6 Å². The second kappa shape index (κ2) is 57.2. The molecule has 0 aromatic rings. The minimum absolute atomic E-state index is 0.0918. The fraction of sp³-hybridized carbons (Fsp3) is 0.730. The van der Waals surface area contributed by atoms with E-state index in [1.165, 1.54) is 154 Å². The van der Waals surface area contributed by atoms with E-state index in [0.717, 1.165) is 83.5 Å². The van der Waals surface area contributed by atoms with Crippen LogP contribution in [0.3, 0.4) is 0 Å². The van der Waals surface area contributed by atoms with Gasteiger partial charge in [-0.25, -0.2) is 0 Å². The standard InChI is InChI=1S/C63H108O6/c1-4-7-10-13-16-19-22-25-28-30-31-33-35-38-41-44-47-50-53-56-62(65)68-59-60(58-67-61(64)55-52-49-46-43-40-37-34-27-24-21-18-15-12-9-6-3)69-63(66)57-54-51-48-45-42-39-36-32-29-26-23-20-17-14-11-8-5-2/h9,12,15,17-18,20-21,24,26-27,29,34,37,40,60H,4-8,10-11,13-14,16,19,22-23,25,28,30-33,35-36,38-39,41-59H2,1-3H3/b12-9-,18-15-,20-17-,24-21-,29-26-,34-27-,40-37-. The molecule has 0 bridgehead atoms. The number of hydrogen-bond donors (Lipinski definition) is 0. The molecule has 0 aliphatic heterocycles. The topological polar surface area (TPSA) is 78.9 Å². The highest BCUT2D eigenvalue weighted by molar-refractivity contribution is 5.71. The molecule has 1 unspecified atom stereocenters. The average Bonchev–Trinajstić information content (AvgIpc) is 3.35. The van der Waals surface area contributed by atoms with E-state index in [2.05, 4.69) is 57.2 Å². The molecule has 0 saturated heterocycles. The van der Waals surface area contributed by atoms with Gasteiger partial charge in [-0.05, 0) is 70.6 Å². The summed E-state index contributed by atoms with van der Waals surface area (Å²) in [5.74, 6) is -0.935. The maximum absolute atomic E-state index is 12.9. The molecular weight excluding hydrogens is 853 g/mol. The molecule has 0 rings (SSSR count). The van der Waals surface area contributed by atoms with E-state index in [0.29, 0.717) is 19.3 Å². The third-order valence-electron chi connectivity index (χ3n) is 12.5. The number of rotatable bonds is 52. The van der Waals surface area contributed by atoms with Crippen molar-refractivity contribution < 1.29 is 28.6 Å². The lowest BCUT2D eigenvalue weighted by Crippen LogP contribution is -2.30. The molecule has 0 amide bonds. The lowest BCUT2D eigenvalue weighted by molar-refractivity contribution is -0.167. The fourth-order valence-electron chi connectivity index (χ4n) is 8.14. The molecule has 0 heterocycles. The zero-order valence-corrected chi connectivity index (χ0v) is 45.3. The number of hydrogen-bond acceptors (Lipinski definition) is 6. The first-order valence-electron chi connectivity index (χ1n) is 29.2. The highest BCUT2D eigenvalue weighted by atomic mass is 16.6. The summed E-state index contributed by atoms with van der Waals surface area (Å²) in [7, 11) is 0. The second-order valence-electron chi connectivity index (χ2n) is 19.3. The first-order valence-corrected chi connectivity index (χ1v) is 29.2. The van der Waals surface area contributed by atoms with Crippen molar-refractivity contribution in [3.8, 4) is 0 Å². The summed E-state index contributed by atoms with van der Waals surface area (Å²) in [6, 6.07) is 0. The summed E-state index contributed by atoms with van der Waals surface area (Å²) < 4.78 is 16.8. The van der Waals surface area contributed by atoms with Crippen LogP contribution in [0, 0.1) is 0 Å². The quantitative estimate of drug-likeness (QED) is 0.0199. The number of allylic oxidation sites excluding steroid dienone is 14. The summed E-state index contributed by atoms with van der Waals surface area (Å²) in [4.78, 5) is 38.2. The predicted octanol–water partition coefficient (Wildman–Crippen LogP) is 19.5. The Morgan fingerprint density at radius 1 is 0.319 bits per heavy atom. The minimum Gasteiger partial charge on any atom is -0.462 e. The Bertz CT molecular complexity index is 1330. The highest BCUT2D eigenvalue weighted by Gasteiger charge is 2.19. The summed E-state index contributed by atoms with van der Waals surface area (Å²) >= 11 is 0. The van der Waals surface area contributed by atoms with Crippen LogP contribution < -0.4 is 0 Å². The zero-order valence-electron chi connectivity index (χ0n) is 45.3. The van der Waals surface area contributed by atoms with Crippen LogP contribution in [0.1, 0.15) is 278 Å². The van der Waals surface area contributed by atoms with E-state index < -0.39 is 6.10 Å². The average molecular weight is 962 g/mol. The molecule has 0 saturated carbocycles. The molecule has 0 N–H and O–H groups in total. The second-order valence-corrected chi connectivity index (χ2v) is 19.3. The number of unbranched alkanes of at least 4 members (excludes halogenated alkanes) is 31. The van der Waals surface area contributed by atoms with Gasteiger partial charge in [0, 0.05) is 19.3 Å². The fourth-order valence-corrected chi connectivity index (χ4v) is 8.14. The van der Waals surface area contributed by atoms with Crippen molar-refractivity contribution in [1.82, 2.24) is 0 Å². The van der Waals surface area contributed by atoms with Crippen LogP contribution in [0.2, 0.25) is 0 Å². The zero-order chi connectivity index (χ0) is 50.0. The van der Waals surface area contributed by atoms with Gasteiger partial charge < -0.3 is 14.2 Å². The van der Waals surface area contributed by atoms with Crippen LogP contribution in [0.4, 0.5) is 0 Å². The highest BCUT2D eigenvalue weighted by Crippen LogP contribution is 2.16. The van der Waals surface area contributed by atoms with Crippen molar-refractivity contribution in [1.29, 1.82) is 0 Å². The van der Waals surface area contributed by atoms with Gasteiger partial charge in [-0.2, -0.15) is 0 Å². The number of carbonyl (C=O) groups is 3. The van der Waals surface area contributed by atoms with Crippen molar-refractivity contribution >= 4 is 17.9 Å². The lowest BCUT2D eigenvalue weighted by Gasteiger charge is -2.18. The van der Waals surface area contributed by atoms with E-state index in [1.54, 1.807) is 0 Å². The van der Waals surface area contributed by atoms with E-state index in [4.69, 9.17) is 14.2 Å². The predicted molar refractivity (Wildman–Crippen MR) is 297 cm³/mol. The third kappa shape index (κ3) is 55.4. The lowest BCUT2D eigenvalue weighted by atomic mass is 10.0. The van der Waals surface area contributed by atoms with Gasteiger partial charge in [0.2, 0.25) is 0 Å². The van der Waals surface area contributed by atoms with Crippen molar-refractivity contribution in [2.75, 3.05) is 13.2 Å². The normalized spacial score (nSPS) is 12.7. The molecule has 0 aliphatic rings. The number of esters is 3.